The summed E-state index contributed by atoms with van der Waals surface area (Å²) in [6, 6.07) is 6.06. The van der Waals surface area contributed by atoms with E-state index < -0.39 is 11.5 Å². The van der Waals surface area contributed by atoms with Crippen LogP contribution in [0.15, 0.2) is 18.2 Å². The van der Waals surface area contributed by atoms with Crippen molar-refractivity contribution in [2.24, 2.45) is 0 Å². The molecule has 0 radical (unpaired) electrons. The highest BCUT2D eigenvalue weighted by Gasteiger charge is 2.48. The molecule has 23 heavy (non-hydrogen) atoms. The molecule has 0 fully saturated rings. The van der Waals surface area contributed by atoms with Crippen molar-refractivity contribution >= 4 is 11.7 Å². The number of carbonyl (C=O) groups is 1. The van der Waals surface area contributed by atoms with E-state index in [1.165, 1.54) is 0 Å². The number of ether oxygens (including phenoxy) is 1. The number of aryl methyl sites for hydroxylation is 1. The van der Waals surface area contributed by atoms with Crippen LogP contribution in [0.2, 0.25) is 0 Å². The van der Waals surface area contributed by atoms with E-state index in [1.807, 2.05) is 39.0 Å². The maximum Gasteiger partial charge on any atom is 0.329 e. The summed E-state index contributed by atoms with van der Waals surface area (Å²) in [5.41, 5.74) is 0.813. The minimum atomic E-state index is -0.887. The third-order valence-corrected chi connectivity index (χ3v) is 5.55. The van der Waals surface area contributed by atoms with Crippen LogP contribution in [0.4, 0.5) is 5.69 Å². The Kier molecular flexibility index (Phi) is 4.92. The Balaban J connectivity index is 2.65. The highest BCUT2D eigenvalue weighted by atomic mass is 16.5. The Bertz CT molecular complexity index is 574. The Morgan fingerprint density at radius 3 is 2.35 bits per heavy atom. The molecule has 128 valence electrons. The Morgan fingerprint density at radius 1 is 1.26 bits per heavy atom. The third-order valence-electron chi connectivity index (χ3n) is 5.55. The van der Waals surface area contributed by atoms with E-state index in [0.717, 1.165) is 29.8 Å². The molecule has 1 aromatic rings. The molecule has 0 atom stereocenters. The van der Waals surface area contributed by atoms with Gasteiger partial charge in [-0.25, -0.2) is 4.79 Å². The van der Waals surface area contributed by atoms with Crippen molar-refractivity contribution in [1.29, 1.82) is 0 Å². The van der Waals surface area contributed by atoms with E-state index in [2.05, 4.69) is 18.7 Å². The van der Waals surface area contributed by atoms with E-state index in [0.29, 0.717) is 19.4 Å². The normalized spacial score (nSPS) is 16.7. The molecule has 0 spiro atoms. The lowest BCUT2D eigenvalue weighted by Gasteiger charge is -2.50. The fourth-order valence-corrected chi connectivity index (χ4v) is 3.61. The molecule has 0 aliphatic carbocycles. The van der Waals surface area contributed by atoms with Crippen LogP contribution in [-0.4, -0.2) is 28.8 Å². The van der Waals surface area contributed by atoms with Gasteiger partial charge in [-0.3, -0.25) is 0 Å². The zero-order chi connectivity index (χ0) is 17.3. The second kappa shape index (κ2) is 6.42. The van der Waals surface area contributed by atoms with Crippen molar-refractivity contribution < 1.29 is 14.6 Å². The molecule has 1 N–H and O–H groups in total. The van der Waals surface area contributed by atoms with Gasteiger partial charge in [0.2, 0.25) is 0 Å². The molecule has 0 saturated heterocycles. The van der Waals surface area contributed by atoms with E-state index in [4.69, 9.17) is 4.74 Å². The second-order valence-electron chi connectivity index (χ2n) is 6.59. The number of carboxylic acids is 1. The monoisotopic (exact) mass is 319 g/mol. The van der Waals surface area contributed by atoms with Crippen LogP contribution >= 0.6 is 0 Å². The third kappa shape index (κ3) is 2.79. The first-order valence-corrected chi connectivity index (χ1v) is 8.68. The van der Waals surface area contributed by atoms with Crippen LogP contribution in [0.1, 0.15) is 58.9 Å². The minimum Gasteiger partial charge on any atom is -0.483 e. The highest BCUT2D eigenvalue weighted by molar-refractivity contribution is 5.85. The molecule has 1 aliphatic rings. The maximum atomic E-state index is 12.2. The zero-order valence-electron chi connectivity index (χ0n) is 15.0. The van der Waals surface area contributed by atoms with Crippen LogP contribution in [0.5, 0.6) is 5.75 Å². The first-order chi connectivity index (χ1) is 10.9. The van der Waals surface area contributed by atoms with Crippen LogP contribution in [0.25, 0.3) is 0 Å². The minimum absolute atomic E-state index is 0.326. The van der Waals surface area contributed by atoms with Crippen molar-refractivity contribution in [2.45, 2.75) is 71.4 Å². The Labute approximate surface area is 139 Å². The molecule has 0 amide bonds. The molecule has 1 aromatic carbocycles. The summed E-state index contributed by atoms with van der Waals surface area (Å²) in [6.07, 6.45) is 2.85. The molecule has 0 saturated carbocycles. The first-order valence-electron chi connectivity index (χ1n) is 8.68. The van der Waals surface area contributed by atoms with Gasteiger partial charge in [-0.05, 0) is 50.3 Å². The number of carboxylic acid groups (broad SMARTS) is 1. The van der Waals surface area contributed by atoms with Gasteiger partial charge in [0.15, 0.2) is 0 Å². The van der Waals surface area contributed by atoms with Crippen molar-refractivity contribution in [3.63, 3.8) is 0 Å². The van der Waals surface area contributed by atoms with Crippen molar-refractivity contribution in [1.82, 2.24) is 0 Å². The van der Waals surface area contributed by atoms with Crippen molar-refractivity contribution in [3.8, 4) is 5.75 Å². The molecule has 1 heterocycles. The molecule has 2 rings (SSSR count). The number of anilines is 1. The van der Waals surface area contributed by atoms with Crippen molar-refractivity contribution in [3.05, 3.63) is 23.8 Å². The molecule has 4 nitrogen and oxygen atoms in total. The maximum absolute atomic E-state index is 12.2. The number of rotatable bonds is 6. The predicted molar refractivity (Wildman–Crippen MR) is 93.4 cm³/mol. The van der Waals surface area contributed by atoms with E-state index in [9.17, 15) is 9.90 Å². The van der Waals surface area contributed by atoms with Crippen LogP contribution in [0, 0.1) is 6.92 Å². The van der Waals surface area contributed by atoms with Crippen LogP contribution < -0.4 is 9.64 Å². The summed E-state index contributed by atoms with van der Waals surface area (Å²) in [4.78, 5) is 14.3. The molecular weight excluding hydrogens is 290 g/mol. The summed E-state index contributed by atoms with van der Waals surface area (Å²) in [5.74, 6) is 0.0519. The van der Waals surface area contributed by atoms with E-state index in [-0.39, 0.29) is 5.60 Å². The summed E-state index contributed by atoms with van der Waals surface area (Å²) >= 11 is 0. The molecule has 0 aromatic heterocycles. The summed E-state index contributed by atoms with van der Waals surface area (Å²) in [7, 11) is 0. The number of nitrogens with zero attached hydrogens (tertiary/aromatic N) is 1. The average molecular weight is 319 g/mol. The molecule has 1 aliphatic heterocycles. The van der Waals surface area contributed by atoms with Gasteiger partial charge in [-0.2, -0.15) is 0 Å². The largest absolute Gasteiger partial charge is 0.483 e. The number of fused-ring (bicyclic) bond motifs is 1. The number of hydrogen-bond donors (Lipinski definition) is 1. The van der Waals surface area contributed by atoms with Gasteiger partial charge in [0.1, 0.15) is 16.9 Å². The average Bonchev–Trinajstić information content (AvgIpc) is 2.56. The number of hydrogen-bond acceptors (Lipinski definition) is 3. The molecular formula is C19H29NO3. The lowest BCUT2D eigenvalue weighted by atomic mass is 9.85. The highest BCUT2D eigenvalue weighted by Crippen LogP contribution is 2.45. The quantitative estimate of drug-likeness (QED) is 0.844. The van der Waals surface area contributed by atoms with Crippen LogP contribution in [-0.2, 0) is 4.79 Å². The fraction of sp³-hybridized carbons (Fsp3) is 0.632. The van der Waals surface area contributed by atoms with Gasteiger partial charge in [0.25, 0.3) is 0 Å². The topological polar surface area (TPSA) is 49.8 Å². The first kappa shape index (κ1) is 17.6. The van der Waals surface area contributed by atoms with Gasteiger partial charge >= 0.3 is 5.97 Å². The summed E-state index contributed by atoms with van der Waals surface area (Å²) in [6.45, 7) is 10.8. The fourth-order valence-electron chi connectivity index (χ4n) is 3.61. The van der Waals surface area contributed by atoms with Crippen molar-refractivity contribution in [2.75, 3.05) is 11.4 Å². The van der Waals surface area contributed by atoms with Crippen LogP contribution in [0.3, 0.4) is 0 Å². The summed E-state index contributed by atoms with van der Waals surface area (Å²) < 4.78 is 6.33. The lowest BCUT2D eigenvalue weighted by molar-refractivity contribution is -0.144. The van der Waals surface area contributed by atoms with Gasteiger partial charge in [0, 0.05) is 0 Å². The molecule has 0 bridgehead atoms. The predicted octanol–water partition coefficient (Wildman–Crippen LogP) is 4.40. The SMILES string of the molecule is CCC1(CC)CN(C(CC)(CC)C(=O)O)c2cc(C)ccc2O1. The molecule has 0 unspecified atom stereocenters. The van der Waals surface area contributed by atoms with E-state index >= 15 is 0 Å². The van der Waals surface area contributed by atoms with Gasteiger partial charge in [-0.15, -0.1) is 0 Å². The lowest BCUT2D eigenvalue weighted by Crippen LogP contribution is -2.62. The Morgan fingerprint density at radius 2 is 1.87 bits per heavy atom. The van der Waals surface area contributed by atoms with Gasteiger partial charge in [-0.1, -0.05) is 33.8 Å². The number of benzene rings is 1. The van der Waals surface area contributed by atoms with Gasteiger partial charge < -0.3 is 14.7 Å². The number of aliphatic carboxylic acids is 1. The standard InChI is InChI=1S/C19H29NO3/c1-6-18(7-2)13-20(19(8-3,9-4)17(21)22)15-12-14(5)10-11-16(15)23-18/h10-12H,6-9,13H2,1-5H3,(H,21,22). The summed E-state index contributed by atoms with van der Waals surface area (Å²) in [5, 5.41) is 10.0. The smallest absolute Gasteiger partial charge is 0.329 e. The zero-order valence-corrected chi connectivity index (χ0v) is 15.0. The molecule has 4 heteroatoms. The second-order valence-corrected chi connectivity index (χ2v) is 6.59. The van der Waals surface area contributed by atoms with Gasteiger partial charge in [0.05, 0.1) is 12.2 Å². The van der Waals surface area contributed by atoms with E-state index in [1.54, 1.807) is 0 Å². The Hall–Kier alpha value is -1.71.